The van der Waals surface area contributed by atoms with Crippen molar-refractivity contribution in [3.63, 3.8) is 0 Å². The van der Waals surface area contributed by atoms with Gasteiger partial charge in [-0.15, -0.1) is 0 Å². The quantitative estimate of drug-likeness (QED) is 0.836. The number of hydrogen-bond donors (Lipinski definition) is 2. The normalized spacial score (nSPS) is 11.7. The molecule has 0 heterocycles. The molecule has 6 heteroatoms. The number of primary amides is 1. The molecule has 0 unspecified atom stereocenters. The van der Waals surface area contributed by atoms with Gasteiger partial charge in [0.05, 0.1) is 10.6 Å². The lowest BCUT2D eigenvalue weighted by Gasteiger charge is -2.16. The van der Waals surface area contributed by atoms with Gasteiger partial charge in [-0.1, -0.05) is 51.8 Å². The highest BCUT2D eigenvalue weighted by Crippen LogP contribution is 2.16. The van der Waals surface area contributed by atoms with E-state index in [-0.39, 0.29) is 0 Å². The van der Waals surface area contributed by atoms with Crippen LogP contribution in [-0.2, 0) is 11.2 Å². The second kappa shape index (κ2) is 7.42. The molecule has 2 aromatic carbocycles. The lowest BCUT2D eigenvalue weighted by atomic mass is 10.0. The zero-order valence-corrected chi connectivity index (χ0v) is 13.9. The van der Waals surface area contributed by atoms with Gasteiger partial charge in [-0.25, -0.2) is 0 Å². The second-order valence-electron chi connectivity index (χ2n) is 4.74. The van der Waals surface area contributed by atoms with Gasteiger partial charge >= 0.3 is 0 Å². The first-order valence-electron chi connectivity index (χ1n) is 6.56. The molecule has 2 aromatic rings. The van der Waals surface area contributed by atoms with Crippen LogP contribution in [0.2, 0.25) is 5.02 Å². The summed E-state index contributed by atoms with van der Waals surface area (Å²) in [5, 5.41) is 2.95. The topological polar surface area (TPSA) is 72.2 Å². The Labute approximate surface area is 141 Å². The summed E-state index contributed by atoms with van der Waals surface area (Å²) >= 11 is 9.35. The number of carbonyl (C=O) groups is 2. The average molecular weight is 382 g/mol. The van der Waals surface area contributed by atoms with Gasteiger partial charge in [-0.3, -0.25) is 9.59 Å². The Morgan fingerprint density at radius 2 is 1.91 bits per heavy atom. The summed E-state index contributed by atoms with van der Waals surface area (Å²) in [4.78, 5) is 23.8. The van der Waals surface area contributed by atoms with E-state index in [0.717, 1.165) is 10.0 Å². The predicted molar refractivity (Wildman–Crippen MR) is 89.7 cm³/mol. The van der Waals surface area contributed by atoms with Crippen LogP contribution in [-0.4, -0.2) is 17.9 Å². The molecule has 2 rings (SSSR count). The van der Waals surface area contributed by atoms with Crippen molar-refractivity contribution in [2.24, 2.45) is 5.73 Å². The molecule has 2 amide bonds. The summed E-state index contributed by atoms with van der Waals surface area (Å²) in [6.07, 6.45) is 0.310. The van der Waals surface area contributed by atoms with Crippen LogP contribution < -0.4 is 11.1 Å². The molecule has 0 fully saturated rings. The molecule has 0 saturated carbocycles. The van der Waals surface area contributed by atoms with Gasteiger partial charge in [-0.2, -0.15) is 0 Å². The zero-order chi connectivity index (χ0) is 16.1. The summed E-state index contributed by atoms with van der Waals surface area (Å²) in [6, 6.07) is 13.3. The van der Waals surface area contributed by atoms with Crippen molar-refractivity contribution in [3.05, 3.63) is 69.2 Å². The van der Waals surface area contributed by atoms with E-state index in [1.54, 1.807) is 24.3 Å². The minimum absolute atomic E-state index is 0.310. The Morgan fingerprint density at radius 3 is 2.55 bits per heavy atom. The summed E-state index contributed by atoms with van der Waals surface area (Å²) in [5.41, 5.74) is 6.59. The molecule has 4 nitrogen and oxygen atoms in total. The van der Waals surface area contributed by atoms with Crippen molar-refractivity contribution in [2.45, 2.75) is 12.5 Å². The van der Waals surface area contributed by atoms with Gasteiger partial charge in [0.15, 0.2) is 0 Å². The van der Waals surface area contributed by atoms with Crippen LogP contribution >= 0.6 is 27.5 Å². The number of nitrogens with two attached hydrogens (primary N) is 1. The van der Waals surface area contributed by atoms with Crippen LogP contribution in [0.5, 0.6) is 0 Å². The Balaban J connectivity index is 2.14. The van der Waals surface area contributed by atoms with E-state index >= 15 is 0 Å². The van der Waals surface area contributed by atoms with Gasteiger partial charge in [0.25, 0.3) is 5.91 Å². The molecule has 0 aliphatic rings. The minimum Gasteiger partial charge on any atom is -0.368 e. The van der Waals surface area contributed by atoms with Gasteiger partial charge in [-0.05, 0) is 29.8 Å². The molecule has 0 radical (unpaired) electrons. The Bertz CT molecular complexity index is 706. The monoisotopic (exact) mass is 380 g/mol. The van der Waals surface area contributed by atoms with Crippen molar-refractivity contribution in [2.75, 3.05) is 0 Å². The number of rotatable bonds is 5. The van der Waals surface area contributed by atoms with Crippen LogP contribution in [0.25, 0.3) is 0 Å². The van der Waals surface area contributed by atoms with Crippen molar-refractivity contribution in [1.82, 2.24) is 5.32 Å². The molecular formula is C16H14BrClN2O2. The van der Waals surface area contributed by atoms with E-state index in [2.05, 4.69) is 21.2 Å². The molecule has 0 spiro atoms. The maximum absolute atomic E-state index is 12.2. The van der Waals surface area contributed by atoms with E-state index < -0.39 is 17.9 Å². The minimum atomic E-state index is -0.807. The van der Waals surface area contributed by atoms with Gasteiger partial charge < -0.3 is 11.1 Å². The first kappa shape index (κ1) is 16.5. The van der Waals surface area contributed by atoms with E-state index in [1.807, 2.05) is 24.3 Å². The smallest absolute Gasteiger partial charge is 0.253 e. The molecule has 0 bridgehead atoms. The lowest BCUT2D eigenvalue weighted by molar-refractivity contribution is -0.119. The Hall–Kier alpha value is -1.85. The number of hydrogen-bond acceptors (Lipinski definition) is 2. The van der Waals surface area contributed by atoms with Crippen LogP contribution in [0.3, 0.4) is 0 Å². The first-order chi connectivity index (χ1) is 10.5. The fraction of sp³-hybridized carbons (Fsp3) is 0.125. The Morgan fingerprint density at radius 1 is 1.18 bits per heavy atom. The van der Waals surface area contributed by atoms with Crippen LogP contribution in [0.15, 0.2) is 53.0 Å². The average Bonchev–Trinajstić information content (AvgIpc) is 2.46. The third-order valence-electron chi connectivity index (χ3n) is 3.10. The van der Waals surface area contributed by atoms with Crippen molar-refractivity contribution >= 4 is 39.3 Å². The van der Waals surface area contributed by atoms with Crippen molar-refractivity contribution in [1.29, 1.82) is 0 Å². The zero-order valence-electron chi connectivity index (χ0n) is 11.6. The van der Waals surface area contributed by atoms with Gasteiger partial charge in [0.2, 0.25) is 5.91 Å². The van der Waals surface area contributed by atoms with Crippen LogP contribution in [0, 0.1) is 0 Å². The van der Waals surface area contributed by atoms with Crippen molar-refractivity contribution < 1.29 is 9.59 Å². The fourth-order valence-electron chi connectivity index (χ4n) is 2.00. The summed E-state index contributed by atoms with van der Waals surface area (Å²) in [7, 11) is 0. The number of nitrogens with one attached hydrogen (secondary N) is 1. The summed E-state index contributed by atoms with van der Waals surface area (Å²) in [6.45, 7) is 0. The number of amides is 2. The predicted octanol–water partition coefficient (Wildman–Crippen LogP) is 2.93. The molecule has 1 atom stereocenters. The highest BCUT2D eigenvalue weighted by Gasteiger charge is 2.20. The van der Waals surface area contributed by atoms with Crippen LogP contribution in [0.1, 0.15) is 15.9 Å². The number of benzene rings is 2. The van der Waals surface area contributed by atoms with E-state index in [1.165, 1.54) is 0 Å². The fourth-order valence-corrected chi connectivity index (χ4v) is 2.67. The number of halogens is 2. The molecule has 0 aliphatic carbocycles. The highest BCUT2D eigenvalue weighted by molar-refractivity contribution is 9.10. The largest absolute Gasteiger partial charge is 0.368 e. The lowest BCUT2D eigenvalue weighted by Crippen LogP contribution is -2.45. The Kier molecular flexibility index (Phi) is 5.57. The molecule has 0 saturated heterocycles. The van der Waals surface area contributed by atoms with E-state index in [4.69, 9.17) is 17.3 Å². The second-order valence-corrected chi connectivity index (χ2v) is 6.07. The molecule has 22 heavy (non-hydrogen) atoms. The molecule has 3 N–H and O–H groups in total. The van der Waals surface area contributed by atoms with Crippen molar-refractivity contribution in [3.8, 4) is 0 Å². The van der Waals surface area contributed by atoms with E-state index in [9.17, 15) is 9.59 Å². The SMILES string of the molecule is NC(=O)[C@@H](Cc1cccc(Br)c1)NC(=O)c1ccccc1Cl. The van der Waals surface area contributed by atoms with E-state index in [0.29, 0.717) is 17.0 Å². The third-order valence-corrected chi connectivity index (χ3v) is 3.92. The highest BCUT2D eigenvalue weighted by atomic mass is 79.9. The summed E-state index contributed by atoms with van der Waals surface area (Å²) in [5.74, 6) is -1.02. The standard InChI is InChI=1S/C16H14BrClN2O2/c17-11-5-3-4-10(8-11)9-14(15(19)21)20-16(22)12-6-1-2-7-13(12)18/h1-8,14H,9H2,(H2,19,21)(H,20,22)/t14-/m1/s1. The molecule has 0 aromatic heterocycles. The van der Waals surface area contributed by atoms with Gasteiger partial charge in [0.1, 0.15) is 6.04 Å². The van der Waals surface area contributed by atoms with Gasteiger partial charge in [0, 0.05) is 10.9 Å². The molecule has 0 aliphatic heterocycles. The number of carbonyl (C=O) groups excluding carboxylic acids is 2. The molecule has 114 valence electrons. The van der Waals surface area contributed by atoms with Crippen LogP contribution in [0.4, 0.5) is 0 Å². The summed E-state index contributed by atoms with van der Waals surface area (Å²) < 4.78 is 0.894. The first-order valence-corrected chi connectivity index (χ1v) is 7.73. The third kappa shape index (κ3) is 4.32. The maximum Gasteiger partial charge on any atom is 0.253 e. The molecular weight excluding hydrogens is 368 g/mol. The maximum atomic E-state index is 12.2.